The van der Waals surface area contributed by atoms with Gasteiger partial charge in [0.05, 0.1) is 0 Å². The van der Waals surface area contributed by atoms with Gasteiger partial charge in [-0.2, -0.15) is 0 Å². The Bertz CT molecular complexity index is 970. The maximum Gasteiger partial charge on any atom is 0.573 e. The summed E-state index contributed by atoms with van der Waals surface area (Å²) in [6.45, 7) is 8.43. The lowest BCUT2D eigenvalue weighted by molar-refractivity contribution is -0.274. The van der Waals surface area contributed by atoms with Gasteiger partial charge in [0, 0.05) is 24.2 Å². The van der Waals surface area contributed by atoms with E-state index < -0.39 is 18.3 Å². The van der Waals surface area contributed by atoms with Crippen LogP contribution in [-0.2, 0) is 4.79 Å². The summed E-state index contributed by atoms with van der Waals surface area (Å²) >= 11 is 0. The van der Waals surface area contributed by atoms with Gasteiger partial charge in [-0.1, -0.05) is 32.9 Å². The van der Waals surface area contributed by atoms with Gasteiger partial charge in [-0.25, -0.2) is 0 Å². The van der Waals surface area contributed by atoms with Gasteiger partial charge in [-0.3, -0.25) is 9.59 Å². The van der Waals surface area contributed by atoms with Crippen molar-refractivity contribution in [2.24, 2.45) is 11.8 Å². The Labute approximate surface area is 190 Å². The van der Waals surface area contributed by atoms with E-state index >= 15 is 0 Å². The van der Waals surface area contributed by atoms with Crippen molar-refractivity contribution < 1.29 is 32.0 Å². The van der Waals surface area contributed by atoms with Crippen LogP contribution in [0.1, 0.15) is 51.0 Å². The molecule has 0 radical (unpaired) electrons. The molecule has 1 fully saturated rings. The molecule has 2 atom stereocenters. The Morgan fingerprint density at radius 1 is 1.18 bits per heavy atom. The fourth-order valence-corrected chi connectivity index (χ4v) is 3.94. The molecule has 1 N–H and O–H groups in total. The van der Waals surface area contributed by atoms with Crippen molar-refractivity contribution in [2.45, 2.75) is 59.0 Å². The van der Waals surface area contributed by atoms with Crippen molar-refractivity contribution in [2.75, 3.05) is 6.54 Å². The highest BCUT2D eigenvalue weighted by Gasteiger charge is 2.39. The van der Waals surface area contributed by atoms with Gasteiger partial charge in [0.2, 0.25) is 5.91 Å². The van der Waals surface area contributed by atoms with Crippen LogP contribution >= 0.6 is 0 Å². The number of ether oxygens (including phenoxy) is 1. The molecule has 1 aliphatic rings. The first-order valence-corrected chi connectivity index (χ1v) is 10.9. The zero-order chi connectivity index (χ0) is 24.3. The van der Waals surface area contributed by atoms with Gasteiger partial charge in [-0.15, -0.1) is 13.2 Å². The van der Waals surface area contributed by atoms with Crippen LogP contribution in [0.25, 0.3) is 11.3 Å². The Morgan fingerprint density at radius 2 is 1.82 bits per heavy atom. The van der Waals surface area contributed by atoms with Crippen LogP contribution < -0.4 is 10.1 Å². The third kappa shape index (κ3) is 6.49. The van der Waals surface area contributed by atoms with Crippen molar-refractivity contribution in [3.8, 4) is 17.1 Å². The first-order chi connectivity index (χ1) is 15.4. The number of benzene rings is 1. The van der Waals surface area contributed by atoms with Crippen LogP contribution in [0.2, 0.25) is 0 Å². The zero-order valence-corrected chi connectivity index (χ0v) is 19.0. The van der Waals surface area contributed by atoms with E-state index in [0.29, 0.717) is 24.4 Å². The smallest absolute Gasteiger partial charge is 0.406 e. The molecule has 3 rings (SSSR count). The van der Waals surface area contributed by atoms with E-state index in [1.807, 2.05) is 27.7 Å². The third-order valence-corrected chi connectivity index (χ3v) is 5.26. The van der Waals surface area contributed by atoms with E-state index in [1.165, 1.54) is 18.2 Å². The molecule has 7 nitrogen and oxygen atoms in total. The van der Waals surface area contributed by atoms with E-state index in [2.05, 4.69) is 15.2 Å². The second-order valence-electron chi connectivity index (χ2n) is 9.09. The summed E-state index contributed by atoms with van der Waals surface area (Å²) in [5, 5.41) is 6.89. The monoisotopic (exact) mass is 467 g/mol. The van der Waals surface area contributed by atoms with Crippen LogP contribution in [-0.4, -0.2) is 46.9 Å². The molecule has 1 aliphatic heterocycles. The third-order valence-electron chi connectivity index (χ3n) is 5.26. The van der Waals surface area contributed by atoms with Gasteiger partial charge in [0.1, 0.15) is 11.8 Å². The number of rotatable bonds is 7. The van der Waals surface area contributed by atoms with Gasteiger partial charge in [0.25, 0.3) is 5.91 Å². The first-order valence-electron chi connectivity index (χ1n) is 10.9. The van der Waals surface area contributed by atoms with Crippen LogP contribution in [0.4, 0.5) is 13.2 Å². The Morgan fingerprint density at radius 3 is 2.39 bits per heavy atom. The second-order valence-corrected chi connectivity index (χ2v) is 9.09. The fourth-order valence-electron chi connectivity index (χ4n) is 3.94. The zero-order valence-electron chi connectivity index (χ0n) is 19.0. The van der Waals surface area contributed by atoms with Gasteiger partial charge < -0.3 is 19.5 Å². The van der Waals surface area contributed by atoms with E-state index in [-0.39, 0.29) is 35.1 Å². The summed E-state index contributed by atoms with van der Waals surface area (Å²) in [7, 11) is 0. The summed E-state index contributed by atoms with van der Waals surface area (Å²) < 4.78 is 46.2. The van der Waals surface area contributed by atoms with Crippen molar-refractivity contribution >= 4 is 11.8 Å². The van der Waals surface area contributed by atoms with E-state index in [4.69, 9.17) is 4.52 Å². The van der Waals surface area contributed by atoms with E-state index in [0.717, 1.165) is 18.6 Å². The Kier molecular flexibility index (Phi) is 7.34. The molecular weight excluding hydrogens is 439 g/mol. The maximum absolute atomic E-state index is 13.3. The summed E-state index contributed by atoms with van der Waals surface area (Å²) in [5.74, 6) is -0.208. The largest absolute Gasteiger partial charge is 0.573 e. The Hall–Kier alpha value is -3.04. The molecule has 2 aromatic rings. The van der Waals surface area contributed by atoms with Crippen molar-refractivity contribution in [3.05, 3.63) is 36.0 Å². The number of amides is 2. The number of carbonyl (C=O) groups excluding carboxylic acids is 2. The molecule has 0 unspecified atom stereocenters. The number of nitrogens with zero attached hydrogens (tertiary/aromatic N) is 2. The number of piperazine rings is 1. The normalized spacial score (nSPS) is 19.2. The Balaban J connectivity index is 1.80. The highest BCUT2D eigenvalue weighted by Crippen LogP contribution is 2.28. The number of alkyl halides is 3. The van der Waals surface area contributed by atoms with Crippen molar-refractivity contribution in [1.82, 2.24) is 15.4 Å². The molecular formula is C23H28F3N3O4. The van der Waals surface area contributed by atoms with E-state index in [9.17, 15) is 22.8 Å². The summed E-state index contributed by atoms with van der Waals surface area (Å²) in [5.41, 5.74) is 0.469. The molecule has 0 spiro atoms. The van der Waals surface area contributed by atoms with Gasteiger partial charge >= 0.3 is 6.36 Å². The lowest BCUT2D eigenvalue weighted by atomic mass is 9.94. The topological polar surface area (TPSA) is 84.7 Å². The number of nitrogens with one attached hydrogen (secondary N) is 1. The molecule has 1 saturated heterocycles. The molecule has 0 bridgehead atoms. The highest BCUT2D eigenvalue weighted by molar-refractivity contribution is 5.97. The average molecular weight is 467 g/mol. The summed E-state index contributed by atoms with van der Waals surface area (Å²) in [4.78, 5) is 27.6. The second kappa shape index (κ2) is 9.84. The average Bonchev–Trinajstić information content (AvgIpc) is 3.18. The number of hydrogen-bond donors (Lipinski definition) is 1. The van der Waals surface area contributed by atoms with Crippen molar-refractivity contribution in [1.29, 1.82) is 0 Å². The molecule has 10 heteroatoms. The first kappa shape index (κ1) is 24.6. The number of hydrogen-bond acceptors (Lipinski definition) is 5. The highest BCUT2D eigenvalue weighted by atomic mass is 19.4. The molecule has 0 aliphatic carbocycles. The number of carbonyl (C=O) groups is 2. The lowest BCUT2D eigenvalue weighted by Crippen LogP contribution is -2.62. The van der Waals surface area contributed by atoms with Crippen LogP contribution in [0.3, 0.4) is 0 Å². The standard InChI is InChI=1S/C23H28F3N3O4/c1-13(2)9-16-12-29(19(10-14(3)4)21(30)27-16)22(31)18-11-20(33-28-18)15-5-7-17(8-6-15)32-23(24,25)26/h5-8,11,13-14,16,19H,9-10,12H2,1-4H3,(H,27,30)/t16-,19-/m0/s1. The minimum absolute atomic E-state index is 0.0346. The molecule has 1 aromatic heterocycles. The van der Waals surface area contributed by atoms with Crippen LogP contribution in [0.15, 0.2) is 34.9 Å². The molecule has 0 saturated carbocycles. The minimum atomic E-state index is -4.78. The van der Waals surface area contributed by atoms with Crippen molar-refractivity contribution in [3.63, 3.8) is 0 Å². The molecule has 1 aromatic carbocycles. The summed E-state index contributed by atoms with van der Waals surface area (Å²) in [6, 6.07) is 5.72. The minimum Gasteiger partial charge on any atom is -0.406 e. The quantitative estimate of drug-likeness (QED) is 0.641. The predicted octanol–water partition coefficient (Wildman–Crippen LogP) is 4.64. The van der Waals surface area contributed by atoms with Gasteiger partial charge in [-0.05, 0) is 48.9 Å². The molecule has 2 heterocycles. The van der Waals surface area contributed by atoms with Gasteiger partial charge in [0.15, 0.2) is 11.5 Å². The molecule has 180 valence electrons. The number of aromatic nitrogens is 1. The molecule has 33 heavy (non-hydrogen) atoms. The SMILES string of the molecule is CC(C)C[C@H]1CN(C(=O)c2cc(-c3ccc(OC(F)(F)F)cc3)on2)[C@@H](CC(C)C)C(=O)N1. The maximum atomic E-state index is 13.3. The lowest BCUT2D eigenvalue weighted by Gasteiger charge is -2.40. The molecule has 2 amide bonds. The fraction of sp³-hybridized carbons (Fsp3) is 0.522. The predicted molar refractivity (Wildman–Crippen MR) is 114 cm³/mol. The van der Waals surface area contributed by atoms with Crippen LogP contribution in [0.5, 0.6) is 5.75 Å². The van der Waals surface area contributed by atoms with Crippen LogP contribution in [0, 0.1) is 11.8 Å². The number of halogens is 3. The van der Waals surface area contributed by atoms with E-state index in [1.54, 1.807) is 4.90 Å². The summed E-state index contributed by atoms with van der Waals surface area (Å²) in [6.07, 6.45) is -3.54.